The molecule has 0 fully saturated rings. The van der Waals surface area contributed by atoms with Gasteiger partial charge in [-0.1, -0.05) is 64.2 Å². The number of para-hydroxylation sites is 1. The fraction of sp³-hybridized carbons (Fsp3) is 0.500. The number of nitrogens with one attached hydrogen (secondary N) is 2. The summed E-state index contributed by atoms with van der Waals surface area (Å²) in [4.78, 5) is 1.35. The van der Waals surface area contributed by atoms with Crippen LogP contribution in [0.1, 0.15) is 65.7 Å². The molecule has 0 spiro atoms. The lowest BCUT2D eigenvalue weighted by molar-refractivity contribution is 0.593. The van der Waals surface area contributed by atoms with Crippen molar-refractivity contribution in [2.24, 2.45) is 0 Å². The average Bonchev–Trinajstić information content (AvgIpc) is 2.68. The summed E-state index contributed by atoms with van der Waals surface area (Å²) in [5.41, 5.74) is 3.56. The van der Waals surface area contributed by atoms with E-state index < -0.39 is 0 Å². The molecule has 0 radical (unpaired) electrons. The fourth-order valence-electron chi connectivity index (χ4n) is 3.07. The van der Waals surface area contributed by atoms with Gasteiger partial charge in [0, 0.05) is 28.0 Å². The van der Waals surface area contributed by atoms with Crippen LogP contribution in [0.2, 0.25) is 0 Å². The van der Waals surface area contributed by atoms with Crippen molar-refractivity contribution in [1.29, 1.82) is 0 Å². The van der Waals surface area contributed by atoms with Crippen molar-refractivity contribution in [3.05, 3.63) is 48.5 Å². The summed E-state index contributed by atoms with van der Waals surface area (Å²) in [6, 6.07) is 17.6. The van der Waals surface area contributed by atoms with Gasteiger partial charge < -0.3 is 10.6 Å². The Labute approximate surface area is 170 Å². The van der Waals surface area contributed by atoms with E-state index in [0.717, 1.165) is 11.4 Å². The van der Waals surface area contributed by atoms with Crippen LogP contribution in [0.4, 0.5) is 17.1 Å². The van der Waals surface area contributed by atoms with Crippen LogP contribution in [-0.4, -0.2) is 11.8 Å². The molecule has 0 aliphatic carbocycles. The van der Waals surface area contributed by atoms with Crippen LogP contribution in [-0.2, 0) is 0 Å². The Balaban J connectivity index is 2.03. The summed E-state index contributed by atoms with van der Waals surface area (Å²) in [6.45, 7) is 6.83. The van der Waals surface area contributed by atoms with Gasteiger partial charge in [0.1, 0.15) is 0 Å². The second-order valence-corrected chi connectivity index (χ2v) is 8.44. The van der Waals surface area contributed by atoms with Gasteiger partial charge in [0.2, 0.25) is 0 Å². The highest BCUT2D eigenvalue weighted by atomic mass is 32.2. The van der Waals surface area contributed by atoms with E-state index in [0.29, 0.717) is 6.04 Å². The molecule has 2 nitrogen and oxygen atoms in total. The summed E-state index contributed by atoms with van der Waals surface area (Å²) in [6.07, 6.45) is 9.05. The number of anilines is 3. The highest BCUT2D eigenvalue weighted by Crippen LogP contribution is 2.33. The van der Waals surface area contributed by atoms with Gasteiger partial charge in [0.25, 0.3) is 0 Å². The molecule has 3 heteroatoms. The van der Waals surface area contributed by atoms with Crippen molar-refractivity contribution >= 4 is 28.8 Å². The molecule has 27 heavy (non-hydrogen) atoms. The van der Waals surface area contributed by atoms with Crippen molar-refractivity contribution in [2.75, 3.05) is 16.4 Å². The minimum atomic E-state index is 0.514. The predicted octanol–water partition coefficient (Wildman–Crippen LogP) is 8.09. The van der Waals surface area contributed by atoms with Crippen LogP contribution in [0.25, 0.3) is 0 Å². The molecule has 0 heterocycles. The van der Waals surface area contributed by atoms with Crippen molar-refractivity contribution < 1.29 is 0 Å². The van der Waals surface area contributed by atoms with Crippen LogP contribution < -0.4 is 10.6 Å². The second kappa shape index (κ2) is 12.7. The molecule has 0 saturated carbocycles. The molecule has 2 rings (SSSR count). The first-order valence-corrected chi connectivity index (χ1v) is 11.6. The standard InChI is InChI=1S/C24H36N2S/c1-4-6-8-10-13-20(3)25-23-17-16-22(19-24(23)27-18-7-5-2)26-21-14-11-9-12-15-21/h9,11-12,14-17,19-20,25-26H,4-8,10,13,18H2,1-3H3. The lowest BCUT2D eigenvalue weighted by Gasteiger charge is -2.19. The Kier molecular flexibility index (Phi) is 10.2. The van der Waals surface area contributed by atoms with E-state index in [9.17, 15) is 0 Å². The Morgan fingerprint density at radius 3 is 2.37 bits per heavy atom. The molecule has 0 aliphatic heterocycles. The molecule has 148 valence electrons. The quantitative estimate of drug-likeness (QED) is 0.269. The number of thioether (sulfide) groups is 1. The molecule has 2 aromatic carbocycles. The zero-order valence-electron chi connectivity index (χ0n) is 17.3. The van der Waals surface area contributed by atoms with Crippen molar-refractivity contribution in [2.45, 2.75) is 76.7 Å². The third-order valence-electron chi connectivity index (χ3n) is 4.69. The molecule has 2 aromatic rings. The van der Waals surface area contributed by atoms with E-state index in [1.807, 2.05) is 17.8 Å². The predicted molar refractivity (Wildman–Crippen MR) is 124 cm³/mol. The highest BCUT2D eigenvalue weighted by molar-refractivity contribution is 7.99. The van der Waals surface area contributed by atoms with Gasteiger partial charge in [-0.2, -0.15) is 0 Å². The molecule has 0 bridgehead atoms. The summed E-state index contributed by atoms with van der Waals surface area (Å²) < 4.78 is 0. The maximum absolute atomic E-state index is 3.76. The van der Waals surface area contributed by atoms with Gasteiger partial charge >= 0.3 is 0 Å². The third-order valence-corrected chi connectivity index (χ3v) is 5.83. The van der Waals surface area contributed by atoms with Crippen LogP contribution in [0.3, 0.4) is 0 Å². The largest absolute Gasteiger partial charge is 0.382 e. The smallest absolute Gasteiger partial charge is 0.0481 e. The minimum Gasteiger partial charge on any atom is -0.382 e. The topological polar surface area (TPSA) is 24.1 Å². The van der Waals surface area contributed by atoms with Crippen molar-refractivity contribution in [3.63, 3.8) is 0 Å². The SMILES string of the molecule is CCCCCCC(C)Nc1ccc(Nc2ccccc2)cc1SCCCC. The summed E-state index contributed by atoms with van der Waals surface area (Å²) >= 11 is 1.97. The van der Waals surface area contributed by atoms with E-state index in [1.54, 1.807) is 0 Å². The number of rotatable bonds is 13. The Morgan fingerprint density at radius 1 is 0.852 bits per heavy atom. The summed E-state index contributed by atoms with van der Waals surface area (Å²) in [5.74, 6) is 1.17. The molecule has 0 aromatic heterocycles. The molecular formula is C24H36N2S. The number of hydrogen-bond acceptors (Lipinski definition) is 3. The number of benzene rings is 2. The number of unbranched alkanes of at least 4 members (excludes halogenated alkanes) is 4. The van der Waals surface area contributed by atoms with Gasteiger partial charge in [-0.25, -0.2) is 0 Å². The van der Waals surface area contributed by atoms with E-state index in [1.165, 1.54) is 61.3 Å². The summed E-state index contributed by atoms with van der Waals surface area (Å²) in [7, 11) is 0. The molecular weight excluding hydrogens is 348 g/mol. The van der Waals surface area contributed by atoms with E-state index in [4.69, 9.17) is 0 Å². The molecule has 1 atom stereocenters. The minimum absolute atomic E-state index is 0.514. The Hall–Kier alpha value is -1.61. The molecule has 0 saturated heterocycles. The zero-order chi connectivity index (χ0) is 19.3. The molecule has 2 N–H and O–H groups in total. The average molecular weight is 385 g/mol. The molecule has 0 amide bonds. The first kappa shape index (κ1) is 21.7. The van der Waals surface area contributed by atoms with Crippen molar-refractivity contribution in [1.82, 2.24) is 0 Å². The van der Waals surface area contributed by atoms with Crippen LogP contribution in [0.5, 0.6) is 0 Å². The van der Waals surface area contributed by atoms with Gasteiger partial charge in [0.05, 0.1) is 0 Å². The first-order chi connectivity index (χ1) is 13.2. The van der Waals surface area contributed by atoms with Gasteiger partial charge in [-0.15, -0.1) is 11.8 Å². The van der Waals surface area contributed by atoms with E-state index in [-0.39, 0.29) is 0 Å². The van der Waals surface area contributed by atoms with Crippen LogP contribution in [0, 0.1) is 0 Å². The first-order valence-electron chi connectivity index (χ1n) is 10.6. The van der Waals surface area contributed by atoms with Crippen molar-refractivity contribution in [3.8, 4) is 0 Å². The maximum atomic E-state index is 3.76. The lowest BCUT2D eigenvalue weighted by atomic mass is 10.1. The molecule has 0 aliphatic rings. The van der Waals surface area contributed by atoms with Crippen LogP contribution in [0.15, 0.2) is 53.4 Å². The van der Waals surface area contributed by atoms with Gasteiger partial charge in [0.15, 0.2) is 0 Å². The maximum Gasteiger partial charge on any atom is 0.0481 e. The highest BCUT2D eigenvalue weighted by Gasteiger charge is 2.09. The normalized spacial score (nSPS) is 12.0. The summed E-state index contributed by atoms with van der Waals surface area (Å²) in [5, 5.41) is 7.28. The Bertz CT molecular complexity index is 642. The zero-order valence-corrected chi connectivity index (χ0v) is 18.1. The Morgan fingerprint density at radius 2 is 1.63 bits per heavy atom. The second-order valence-electron chi connectivity index (χ2n) is 7.30. The van der Waals surface area contributed by atoms with E-state index in [2.05, 4.69) is 73.9 Å². The van der Waals surface area contributed by atoms with Gasteiger partial charge in [-0.05, 0) is 55.9 Å². The van der Waals surface area contributed by atoms with E-state index >= 15 is 0 Å². The molecule has 1 unspecified atom stereocenters. The lowest BCUT2D eigenvalue weighted by Crippen LogP contribution is -2.15. The monoisotopic (exact) mass is 384 g/mol. The fourth-order valence-corrected chi connectivity index (χ4v) is 4.21. The van der Waals surface area contributed by atoms with Crippen LogP contribution >= 0.6 is 11.8 Å². The van der Waals surface area contributed by atoms with Gasteiger partial charge in [-0.3, -0.25) is 0 Å². The third kappa shape index (κ3) is 8.30. The number of hydrogen-bond donors (Lipinski definition) is 2.